The molecule has 0 unspecified atom stereocenters. The van der Waals surface area contributed by atoms with Crippen LogP contribution in [0.2, 0.25) is 0 Å². The van der Waals surface area contributed by atoms with Crippen LogP contribution in [0.3, 0.4) is 0 Å². The minimum Gasteiger partial charge on any atom is -0.492 e. The van der Waals surface area contributed by atoms with Crippen LogP contribution >= 0.6 is 0 Å². The highest BCUT2D eigenvalue weighted by atomic mass is 19.4. The van der Waals surface area contributed by atoms with Crippen molar-refractivity contribution < 1.29 is 37.3 Å². The second kappa shape index (κ2) is 11.4. The summed E-state index contributed by atoms with van der Waals surface area (Å²) >= 11 is 0. The van der Waals surface area contributed by atoms with E-state index in [0.717, 1.165) is 18.2 Å². The average Bonchev–Trinajstić information content (AvgIpc) is 2.73. The summed E-state index contributed by atoms with van der Waals surface area (Å²) in [5, 5.41) is 11.4. The van der Waals surface area contributed by atoms with Crippen LogP contribution in [0, 0.1) is 0 Å². The number of carboxylic acids is 1. The van der Waals surface area contributed by atoms with Gasteiger partial charge in [0.15, 0.2) is 0 Å². The Balaban J connectivity index is 2.11. The highest BCUT2D eigenvalue weighted by Gasteiger charge is 2.30. The molecule has 2 aromatic rings. The van der Waals surface area contributed by atoms with E-state index in [1.54, 1.807) is 45.0 Å². The van der Waals surface area contributed by atoms with Crippen molar-refractivity contribution >= 4 is 17.6 Å². The van der Waals surface area contributed by atoms with Crippen molar-refractivity contribution in [1.82, 2.24) is 5.32 Å². The van der Waals surface area contributed by atoms with Crippen LogP contribution in [0.4, 0.5) is 18.0 Å². The summed E-state index contributed by atoms with van der Waals surface area (Å²) in [6.07, 6.45) is -1.26. The zero-order valence-electron chi connectivity index (χ0n) is 19.0. The molecule has 2 rings (SSSR count). The van der Waals surface area contributed by atoms with Crippen LogP contribution in [0.1, 0.15) is 37.5 Å². The van der Waals surface area contributed by atoms with E-state index in [4.69, 9.17) is 14.6 Å². The lowest BCUT2D eigenvalue weighted by atomic mass is 9.96. The predicted molar refractivity (Wildman–Crippen MR) is 121 cm³/mol. The number of amides is 1. The summed E-state index contributed by atoms with van der Waals surface area (Å²) in [5.41, 5.74) is 0.288. The quantitative estimate of drug-likeness (QED) is 0.290. The van der Waals surface area contributed by atoms with Crippen LogP contribution in [-0.2, 0) is 15.7 Å². The summed E-state index contributed by atoms with van der Waals surface area (Å²) in [6, 6.07) is 11.3. The monoisotopic (exact) mass is 477 g/mol. The van der Waals surface area contributed by atoms with E-state index in [1.165, 1.54) is 24.3 Å². The molecule has 0 aliphatic heterocycles. The van der Waals surface area contributed by atoms with Gasteiger partial charge in [-0.05, 0) is 61.7 Å². The van der Waals surface area contributed by atoms with Gasteiger partial charge in [-0.2, -0.15) is 13.2 Å². The van der Waals surface area contributed by atoms with Crippen LogP contribution in [0.15, 0.2) is 66.8 Å². The Bertz CT molecular complexity index is 1030. The first-order chi connectivity index (χ1) is 15.8. The highest BCUT2D eigenvalue weighted by Crippen LogP contribution is 2.32. The molecule has 9 heteroatoms. The molecule has 0 fully saturated rings. The highest BCUT2D eigenvalue weighted by molar-refractivity contribution is 5.84. The second-order valence-electron chi connectivity index (χ2n) is 8.15. The Morgan fingerprint density at radius 2 is 1.53 bits per heavy atom. The number of alkyl carbamates (subject to hydrolysis) is 1. The molecular weight excluding hydrogens is 451 g/mol. The van der Waals surface area contributed by atoms with Crippen molar-refractivity contribution in [3.8, 4) is 5.75 Å². The smallest absolute Gasteiger partial charge is 0.416 e. The maximum Gasteiger partial charge on any atom is 0.416 e. The van der Waals surface area contributed by atoms with Gasteiger partial charge in [-0.15, -0.1) is 0 Å². The number of allylic oxidation sites excluding steroid dienone is 2. The third-order valence-corrected chi connectivity index (χ3v) is 4.23. The molecule has 2 aromatic carbocycles. The van der Waals surface area contributed by atoms with E-state index in [0.29, 0.717) is 22.4 Å². The maximum absolute atomic E-state index is 12.9. The Labute approximate surface area is 195 Å². The maximum atomic E-state index is 12.9. The zero-order valence-corrected chi connectivity index (χ0v) is 19.0. The molecule has 2 N–H and O–H groups in total. The van der Waals surface area contributed by atoms with Crippen LogP contribution in [0.5, 0.6) is 5.75 Å². The van der Waals surface area contributed by atoms with Gasteiger partial charge < -0.3 is 19.9 Å². The molecule has 34 heavy (non-hydrogen) atoms. The molecule has 6 nitrogen and oxygen atoms in total. The van der Waals surface area contributed by atoms with Crippen molar-refractivity contribution in [2.75, 3.05) is 13.2 Å². The first kappa shape index (κ1) is 26.5. The van der Waals surface area contributed by atoms with Crippen molar-refractivity contribution in [2.24, 2.45) is 0 Å². The number of aliphatic carboxylic acids is 1. The molecule has 0 aromatic heterocycles. The average molecular weight is 477 g/mol. The van der Waals surface area contributed by atoms with Crippen LogP contribution in [0.25, 0.3) is 5.57 Å². The standard InChI is InChI=1S/C25H26F3NO5/c1-24(2,3)34-23(32)29-15-16-33-20-13-9-18(10-14-20)21(5-4-6-22(30)31)17-7-11-19(12-8-17)25(26,27)28/h4-14H,15-16H2,1-3H3,(H,29,32)(H,30,31)/b6-4+,21-5-. The predicted octanol–water partition coefficient (Wildman–Crippen LogP) is 5.68. The molecule has 1 amide bonds. The molecule has 0 radical (unpaired) electrons. The van der Waals surface area contributed by atoms with E-state index < -0.39 is 29.4 Å². The third kappa shape index (κ3) is 9.01. The topological polar surface area (TPSA) is 84.9 Å². The minimum atomic E-state index is -4.46. The Kier molecular flexibility index (Phi) is 8.89. The zero-order chi connectivity index (χ0) is 25.4. The first-order valence-corrected chi connectivity index (χ1v) is 10.3. The van der Waals surface area contributed by atoms with Crippen molar-refractivity contribution in [2.45, 2.75) is 32.5 Å². The molecule has 0 bridgehead atoms. The van der Waals surface area contributed by atoms with Gasteiger partial charge in [-0.25, -0.2) is 9.59 Å². The fourth-order valence-corrected chi connectivity index (χ4v) is 2.79. The van der Waals surface area contributed by atoms with Crippen LogP contribution in [-0.4, -0.2) is 35.9 Å². The number of halogens is 3. The first-order valence-electron chi connectivity index (χ1n) is 10.3. The normalized spacial score (nSPS) is 12.5. The summed E-state index contributed by atoms with van der Waals surface area (Å²) in [5.74, 6) is -0.630. The molecule has 0 saturated carbocycles. The van der Waals surface area contributed by atoms with E-state index in [1.807, 2.05) is 0 Å². The molecular formula is C25H26F3NO5. The fourth-order valence-electron chi connectivity index (χ4n) is 2.79. The molecule has 0 aliphatic rings. The second-order valence-corrected chi connectivity index (χ2v) is 8.15. The molecule has 0 spiro atoms. The van der Waals surface area contributed by atoms with Gasteiger partial charge in [0.25, 0.3) is 0 Å². The molecule has 182 valence electrons. The Morgan fingerprint density at radius 1 is 0.971 bits per heavy atom. The molecule has 0 saturated heterocycles. The van der Waals surface area contributed by atoms with E-state index >= 15 is 0 Å². The number of carbonyl (C=O) groups excluding carboxylic acids is 1. The minimum absolute atomic E-state index is 0.196. The third-order valence-electron chi connectivity index (χ3n) is 4.23. The van der Waals surface area contributed by atoms with E-state index in [2.05, 4.69) is 5.32 Å². The van der Waals surface area contributed by atoms with Crippen molar-refractivity contribution in [3.63, 3.8) is 0 Å². The lowest BCUT2D eigenvalue weighted by Gasteiger charge is -2.19. The summed E-state index contributed by atoms with van der Waals surface area (Å²) < 4.78 is 49.4. The van der Waals surface area contributed by atoms with Gasteiger partial charge in [-0.1, -0.05) is 36.4 Å². The Hall–Kier alpha value is -3.75. The van der Waals surface area contributed by atoms with Gasteiger partial charge in [0.05, 0.1) is 12.1 Å². The SMILES string of the molecule is CC(C)(C)OC(=O)NCCOc1ccc(/C(=C\C=C\C(=O)O)c2ccc(C(F)(F)F)cc2)cc1. The van der Waals surface area contributed by atoms with Gasteiger partial charge in [0.1, 0.15) is 18.0 Å². The van der Waals surface area contributed by atoms with Gasteiger partial charge in [0.2, 0.25) is 0 Å². The largest absolute Gasteiger partial charge is 0.492 e. The number of rotatable bonds is 8. The van der Waals surface area contributed by atoms with E-state index in [9.17, 15) is 22.8 Å². The number of hydrogen-bond donors (Lipinski definition) is 2. The van der Waals surface area contributed by atoms with Gasteiger partial charge in [0, 0.05) is 6.08 Å². The fraction of sp³-hybridized carbons (Fsp3) is 0.280. The van der Waals surface area contributed by atoms with E-state index in [-0.39, 0.29) is 13.2 Å². The number of ether oxygens (including phenoxy) is 2. The number of alkyl halides is 3. The number of nitrogens with one attached hydrogen (secondary N) is 1. The van der Waals surface area contributed by atoms with Crippen molar-refractivity contribution in [1.29, 1.82) is 0 Å². The van der Waals surface area contributed by atoms with Crippen molar-refractivity contribution in [3.05, 3.63) is 83.4 Å². The molecule has 0 heterocycles. The molecule has 0 aliphatic carbocycles. The van der Waals surface area contributed by atoms with Crippen LogP contribution < -0.4 is 10.1 Å². The summed E-state index contributed by atoms with van der Waals surface area (Å²) in [6.45, 7) is 5.70. The lowest BCUT2D eigenvalue weighted by molar-refractivity contribution is -0.137. The lowest BCUT2D eigenvalue weighted by Crippen LogP contribution is -2.34. The van der Waals surface area contributed by atoms with Gasteiger partial charge in [-0.3, -0.25) is 0 Å². The van der Waals surface area contributed by atoms with Gasteiger partial charge >= 0.3 is 18.2 Å². The summed E-state index contributed by atoms with van der Waals surface area (Å²) in [4.78, 5) is 22.4. The number of benzene rings is 2. The molecule has 0 atom stereocenters. The Morgan fingerprint density at radius 3 is 2.03 bits per heavy atom. The number of hydrogen-bond acceptors (Lipinski definition) is 4. The number of carbonyl (C=O) groups is 2. The number of carboxylic acid groups (broad SMARTS) is 1. The summed E-state index contributed by atoms with van der Waals surface area (Å²) in [7, 11) is 0.